The maximum absolute atomic E-state index is 12.9. The SMILES string of the molecule is CCOC(=O)c1cc(-c2ccccc2)sc1NC(=O)c1ccc(S(=O)(=O)N2CCCC2)cc1. The van der Waals surface area contributed by atoms with Gasteiger partial charge in [0.15, 0.2) is 0 Å². The minimum atomic E-state index is -3.55. The number of rotatable bonds is 7. The number of hydrogen-bond donors (Lipinski definition) is 1. The van der Waals surface area contributed by atoms with E-state index in [0.717, 1.165) is 23.3 Å². The molecule has 9 heteroatoms. The Kier molecular flexibility index (Phi) is 6.92. The Morgan fingerprint density at radius 1 is 1.03 bits per heavy atom. The quantitative estimate of drug-likeness (QED) is 0.494. The van der Waals surface area contributed by atoms with Crippen LogP contribution in [0.1, 0.15) is 40.5 Å². The number of amides is 1. The Bertz CT molecular complexity index is 1250. The first-order chi connectivity index (χ1) is 15.9. The molecule has 2 aromatic carbocycles. The number of anilines is 1. The van der Waals surface area contributed by atoms with Crippen LogP contribution < -0.4 is 5.32 Å². The standard InChI is InChI=1S/C24H24N2O5S2/c1-2-31-24(28)20-16-21(17-8-4-3-5-9-17)32-23(20)25-22(27)18-10-12-19(13-11-18)33(29,30)26-14-6-7-15-26/h3-5,8-13,16H,2,6-7,14-15H2,1H3,(H,25,27). The molecule has 2 heterocycles. The highest BCUT2D eigenvalue weighted by atomic mass is 32.2. The summed E-state index contributed by atoms with van der Waals surface area (Å²) in [5, 5.41) is 3.17. The number of carbonyl (C=O) groups excluding carboxylic acids is 2. The first kappa shape index (κ1) is 23.2. The van der Waals surface area contributed by atoms with Gasteiger partial charge >= 0.3 is 5.97 Å². The summed E-state index contributed by atoms with van der Waals surface area (Å²) in [6.45, 7) is 2.97. The third-order valence-corrected chi connectivity index (χ3v) is 8.34. The number of hydrogen-bond acceptors (Lipinski definition) is 6. The van der Waals surface area contributed by atoms with Gasteiger partial charge in [-0.05, 0) is 55.7 Å². The zero-order valence-corrected chi connectivity index (χ0v) is 19.7. The van der Waals surface area contributed by atoms with E-state index in [-0.39, 0.29) is 17.1 Å². The van der Waals surface area contributed by atoms with Crippen molar-refractivity contribution in [1.82, 2.24) is 4.31 Å². The maximum Gasteiger partial charge on any atom is 0.341 e. The number of carbonyl (C=O) groups is 2. The molecule has 0 saturated carbocycles. The van der Waals surface area contributed by atoms with Crippen LogP contribution in [0.5, 0.6) is 0 Å². The Balaban J connectivity index is 1.57. The summed E-state index contributed by atoms with van der Waals surface area (Å²) in [6.07, 6.45) is 1.71. The summed E-state index contributed by atoms with van der Waals surface area (Å²) in [5.74, 6) is -0.953. The molecule has 0 radical (unpaired) electrons. The van der Waals surface area contributed by atoms with Gasteiger partial charge in [0.2, 0.25) is 10.0 Å². The summed E-state index contributed by atoms with van der Waals surface area (Å²) in [6, 6.07) is 17.1. The molecule has 4 rings (SSSR count). The minimum Gasteiger partial charge on any atom is -0.462 e. The molecule has 172 valence electrons. The first-order valence-corrected chi connectivity index (χ1v) is 12.9. The lowest BCUT2D eigenvalue weighted by Crippen LogP contribution is -2.27. The second-order valence-electron chi connectivity index (χ2n) is 7.53. The summed E-state index contributed by atoms with van der Waals surface area (Å²) in [7, 11) is -3.55. The molecule has 33 heavy (non-hydrogen) atoms. The molecule has 1 aromatic heterocycles. The molecule has 1 N–H and O–H groups in total. The smallest absolute Gasteiger partial charge is 0.341 e. The first-order valence-electron chi connectivity index (χ1n) is 10.7. The van der Waals surface area contributed by atoms with E-state index >= 15 is 0 Å². The van der Waals surface area contributed by atoms with E-state index in [4.69, 9.17) is 4.74 Å². The zero-order valence-electron chi connectivity index (χ0n) is 18.1. The molecule has 1 aliphatic heterocycles. The number of esters is 1. The fourth-order valence-corrected chi connectivity index (χ4v) is 6.18. The van der Waals surface area contributed by atoms with Crippen molar-refractivity contribution in [2.75, 3.05) is 25.0 Å². The van der Waals surface area contributed by atoms with E-state index in [1.165, 1.54) is 39.9 Å². The Labute approximate surface area is 197 Å². The summed E-state index contributed by atoms with van der Waals surface area (Å²) in [5.41, 5.74) is 1.49. The number of ether oxygens (including phenoxy) is 1. The molecular weight excluding hydrogens is 460 g/mol. The number of nitrogens with zero attached hydrogens (tertiary/aromatic N) is 1. The highest BCUT2D eigenvalue weighted by Gasteiger charge is 2.27. The van der Waals surface area contributed by atoms with Crippen molar-refractivity contribution in [1.29, 1.82) is 0 Å². The van der Waals surface area contributed by atoms with E-state index in [1.54, 1.807) is 13.0 Å². The van der Waals surface area contributed by atoms with Crippen LogP contribution in [-0.4, -0.2) is 44.3 Å². The highest BCUT2D eigenvalue weighted by molar-refractivity contribution is 7.89. The van der Waals surface area contributed by atoms with Crippen molar-refractivity contribution in [2.45, 2.75) is 24.7 Å². The maximum atomic E-state index is 12.9. The Morgan fingerprint density at radius 3 is 2.33 bits per heavy atom. The van der Waals surface area contributed by atoms with E-state index in [0.29, 0.717) is 23.7 Å². The largest absolute Gasteiger partial charge is 0.462 e. The van der Waals surface area contributed by atoms with Gasteiger partial charge < -0.3 is 10.1 Å². The third-order valence-electron chi connectivity index (χ3n) is 5.33. The lowest BCUT2D eigenvalue weighted by atomic mass is 10.1. The number of thiophene rings is 1. The molecule has 7 nitrogen and oxygen atoms in total. The van der Waals surface area contributed by atoms with Gasteiger partial charge in [0.25, 0.3) is 5.91 Å². The Hall–Kier alpha value is -3.01. The predicted molar refractivity (Wildman–Crippen MR) is 128 cm³/mol. The Morgan fingerprint density at radius 2 is 1.70 bits per heavy atom. The molecule has 0 atom stereocenters. The second kappa shape index (κ2) is 9.86. The predicted octanol–water partition coefficient (Wildman–Crippen LogP) is 4.63. The molecule has 0 spiro atoms. The average molecular weight is 485 g/mol. The van der Waals surface area contributed by atoms with E-state index in [1.807, 2.05) is 30.3 Å². The van der Waals surface area contributed by atoms with Gasteiger partial charge in [-0.2, -0.15) is 4.31 Å². The molecule has 1 aliphatic rings. The van der Waals surface area contributed by atoms with Gasteiger partial charge in [0, 0.05) is 23.5 Å². The number of benzene rings is 2. The monoisotopic (exact) mass is 484 g/mol. The van der Waals surface area contributed by atoms with Crippen molar-refractivity contribution in [3.05, 3.63) is 71.8 Å². The van der Waals surface area contributed by atoms with Crippen molar-refractivity contribution >= 4 is 38.2 Å². The van der Waals surface area contributed by atoms with Gasteiger partial charge in [-0.15, -0.1) is 11.3 Å². The fourth-order valence-electron chi connectivity index (χ4n) is 3.62. The van der Waals surface area contributed by atoms with Crippen LogP contribution in [-0.2, 0) is 14.8 Å². The number of nitrogens with one attached hydrogen (secondary N) is 1. The van der Waals surface area contributed by atoms with Crippen LogP contribution in [0.15, 0.2) is 65.6 Å². The van der Waals surface area contributed by atoms with Gasteiger partial charge in [0.1, 0.15) is 5.00 Å². The molecule has 1 fully saturated rings. The van der Waals surface area contributed by atoms with Crippen molar-refractivity contribution in [3.63, 3.8) is 0 Å². The van der Waals surface area contributed by atoms with Gasteiger partial charge in [-0.3, -0.25) is 4.79 Å². The summed E-state index contributed by atoms with van der Waals surface area (Å²) < 4.78 is 32.0. The van der Waals surface area contributed by atoms with Crippen molar-refractivity contribution in [3.8, 4) is 10.4 Å². The molecular formula is C24H24N2O5S2. The fraction of sp³-hybridized carbons (Fsp3) is 0.250. The van der Waals surface area contributed by atoms with E-state index < -0.39 is 21.9 Å². The van der Waals surface area contributed by atoms with Crippen molar-refractivity contribution < 1.29 is 22.7 Å². The molecule has 0 unspecified atom stereocenters. The molecule has 3 aromatic rings. The van der Waals surface area contributed by atoms with Crippen LogP contribution in [0.4, 0.5) is 5.00 Å². The van der Waals surface area contributed by atoms with E-state index in [9.17, 15) is 18.0 Å². The van der Waals surface area contributed by atoms with Crippen LogP contribution in [0.3, 0.4) is 0 Å². The van der Waals surface area contributed by atoms with Crippen LogP contribution >= 0.6 is 11.3 Å². The zero-order chi connectivity index (χ0) is 23.4. The van der Waals surface area contributed by atoms with Crippen LogP contribution in [0.2, 0.25) is 0 Å². The van der Waals surface area contributed by atoms with Gasteiger partial charge in [0.05, 0.1) is 17.1 Å². The molecule has 1 amide bonds. The van der Waals surface area contributed by atoms with Crippen LogP contribution in [0, 0.1) is 0 Å². The average Bonchev–Trinajstić information content (AvgIpc) is 3.51. The molecule has 1 saturated heterocycles. The van der Waals surface area contributed by atoms with Gasteiger partial charge in [-0.25, -0.2) is 13.2 Å². The summed E-state index contributed by atoms with van der Waals surface area (Å²) in [4.78, 5) is 26.3. The van der Waals surface area contributed by atoms with Crippen molar-refractivity contribution in [2.24, 2.45) is 0 Å². The topological polar surface area (TPSA) is 92.8 Å². The molecule has 0 aliphatic carbocycles. The lowest BCUT2D eigenvalue weighted by molar-refractivity contribution is 0.0528. The van der Waals surface area contributed by atoms with Gasteiger partial charge in [-0.1, -0.05) is 30.3 Å². The highest BCUT2D eigenvalue weighted by Crippen LogP contribution is 2.36. The minimum absolute atomic E-state index is 0.163. The number of sulfonamides is 1. The normalized spacial score (nSPS) is 14.2. The molecule has 0 bridgehead atoms. The van der Waals surface area contributed by atoms with Crippen LogP contribution in [0.25, 0.3) is 10.4 Å². The lowest BCUT2D eigenvalue weighted by Gasteiger charge is -2.15. The third kappa shape index (κ3) is 5.00. The second-order valence-corrected chi connectivity index (χ2v) is 10.5. The van der Waals surface area contributed by atoms with E-state index in [2.05, 4.69) is 5.32 Å². The summed E-state index contributed by atoms with van der Waals surface area (Å²) >= 11 is 1.28.